The molecule has 0 aliphatic carbocycles. The van der Waals surface area contributed by atoms with Gasteiger partial charge in [-0.05, 0) is 29.8 Å². The highest BCUT2D eigenvalue weighted by molar-refractivity contribution is 6.17. The maximum atomic E-state index is 12.5. The molecule has 4 aromatic rings. The van der Waals surface area contributed by atoms with Crippen LogP contribution >= 0.6 is 11.6 Å². The van der Waals surface area contributed by atoms with Gasteiger partial charge in [-0.2, -0.15) is 5.10 Å². The lowest BCUT2D eigenvalue weighted by Gasteiger charge is -2.09. The molecular weight excluding hydrogens is 362 g/mol. The van der Waals surface area contributed by atoms with Crippen molar-refractivity contribution in [2.45, 2.75) is 13.2 Å². The smallest absolute Gasteiger partial charge is 0.258 e. The van der Waals surface area contributed by atoms with E-state index in [2.05, 4.69) is 5.10 Å². The van der Waals surface area contributed by atoms with Gasteiger partial charge in [-0.25, -0.2) is 0 Å². The third-order valence-corrected chi connectivity index (χ3v) is 4.51. The van der Waals surface area contributed by atoms with Gasteiger partial charge in [0.2, 0.25) is 0 Å². The van der Waals surface area contributed by atoms with E-state index in [4.69, 9.17) is 16.3 Å². The Kier molecular flexibility index (Phi) is 4.94. The lowest BCUT2D eigenvalue weighted by atomic mass is 10.2. The minimum atomic E-state index is -0.145. The summed E-state index contributed by atoms with van der Waals surface area (Å²) < 4.78 is 9.17. The van der Waals surface area contributed by atoms with Crippen LogP contribution in [0.2, 0.25) is 0 Å². The molecule has 0 spiro atoms. The van der Waals surface area contributed by atoms with E-state index in [1.807, 2.05) is 53.2 Å². The van der Waals surface area contributed by atoms with Crippen LogP contribution in [0.3, 0.4) is 0 Å². The average Bonchev–Trinajstić information content (AvgIpc) is 3.10. The van der Waals surface area contributed by atoms with E-state index >= 15 is 0 Å². The first-order chi connectivity index (χ1) is 13.2. The summed E-state index contributed by atoms with van der Waals surface area (Å²) in [6.45, 7) is 1.08. The fraction of sp³-hybridized carbons (Fsp3) is 0.143. The van der Waals surface area contributed by atoms with Gasteiger partial charge >= 0.3 is 0 Å². The van der Waals surface area contributed by atoms with E-state index < -0.39 is 0 Å². The Balaban J connectivity index is 1.57. The van der Waals surface area contributed by atoms with Gasteiger partial charge in [-0.3, -0.25) is 14.0 Å². The predicted octanol–water partition coefficient (Wildman–Crippen LogP) is 4.01. The van der Waals surface area contributed by atoms with Gasteiger partial charge in [-0.1, -0.05) is 30.3 Å². The third-order valence-electron chi connectivity index (χ3n) is 4.34. The van der Waals surface area contributed by atoms with Crippen LogP contribution in [0.1, 0.15) is 5.56 Å². The van der Waals surface area contributed by atoms with Crippen LogP contribution in [0.4, 0.5) is 0 Å². The Bertz CT molecular complexity index is 1120. The minimum absolute atomic E-state index is 0.145. The summed E-state index contributed by atoms with van der Waals surface area (Å²) in [5.41, 5.74) is 2.69. The molecule has 6 heteroatoms. The van der Waals surface area contributed by atoms with Crippen molar-refractivity contribution in [1.29, 1.82) is 0 Å². The summed E-state index contributed by atoms with van der Waals surface area (Å²) in [5.74, 6) is 1.05. The SMILES string of the molecule is O=c1cc(OCc2ccccc2)ccn1-c1ccc2c(cnn2CCCl)c1. The molecule has 0 saturated carbocycles. The van der Waals surface area contributed by atoms with E-state index in [0.29, 0.717) is 24.8 Å². The monoisotopic (exact) mass is 379 g/mol. The van der Waals surface area contributed by atoms with Gasteiger partial charge in [0, 0.05) is 29.2 Å². The molecule has 4 rings (SSSR count). The number of aromatic nitrogens is 3. The average molecular weight is 380 g/mol. The number of hydrogen-bond donors (Lipinski definition) is 0. The van der Waals surface area contributed by atoms with Crippen LogP contribution < -0.4 is 10.3 Å². The topological polar surface area (TPSA) is 49.1 Å². The van der Waals surface area contributed by atoms with Crippen molar-refractivity contribution >= 4 is 22.5 Å². The highest BCUT2D eigenvalue weighted by Crippen LogP contribution is 2.19. The van der Waals surface area contributed by atoms with Crippen LogP contribution in [0.5, 0.6) is 5.75 Å². The van der Waals surface area contributed by atoms with Crippen molar-refractivity contribution in [2.24, 2.45) is 0 Å². The fourth-order valence-corrected chi connectivity index (χ4v) is 3.15. The molecule has 0 atom stereocenters. The van der Waals surface area contributed by atoms with E-state index in [1.54, 1.807) is 23.0 Å². The molecule has 0 aliphatic heterocycles. The summed E-state index contributed by atoms with van der Waals surface area (Å²) in [7, 11) is 0. The van der Waals surface area contributed by atoms with E-state index in [0.717, 1.165) is 22.2 Å². The van der Waals surface area contributed by atoms with Gasteiger partial charge in [0.1, 0.15) is 12.4 Å². The predicted molar refractivity (Wildman–Crippen MR) is 107 cm³/mol. The summed E-state index contributed by atoms with van der Waals surface area (Å²) in [4.78, 5) is 12.5. The Hall–Kier alpha value is -3.05. The molecule has 2 aromatic carbocycles. The first kappa shape index (κ1) is 17.4. The second-order valence-corrected chi connectivity index (χ2v) is 6.52. The van der Waals surface area contributed by atoms with Gasteiger partial charge in [0.05, 0.1) is 18.3 Å². The maximum Gasteiger partial charge on any atom is 0.258 e. The van der Waals surface area contributed by atoms with Crippen LogP contribution in [0, 0.1) is 0 Å². The Morgan fingerprint density at radius 2 is 1.89 bits per heavy atom. The van der Waals surface area contributed by atoms with Gasteiger partial charge in [0.25, 0.3) is 5.56 Å². The van der Waals surface area contributed by atoms with Gasteiger partial charge < -0.3 is 4.74 Å². The number of fused-ring (bicyclic) bond motifs is 1. The number of nitrogens with zero attached hydrogens (tertiary/aromatic N) is 3. The standard InChI is InChI=1S/C21H18ClN3O2/c22-9-11-25-20-7-6-18(12-17(20)14-23-25)24-10-8-19(13-21(24)26)27-15-16-4-2-1-3-5-16/h1-8,10,12-14H,9,11,15H2. The fourth-order valence-electron chi connectivity index (χ4n) is 2.99. The first-order valence-electron chi connectivity index (χ1n) is 8.66. The number of halogens is 1. The highest BCUT2D eigenvalue weighted by atomic mass is 35.5. The number of benzene rings is 2. The number of pyridine rings is 1. The van der Waals surface area contributed by atoms with Crippen molar-refractivity contribution in [3.8, 4) is 11.4 Å². The number of alkyl halides is 1. The van der Waals surface area contributed by atoms with Crippen LogP contribution in [0.25, 0.3) is 16.6 Å². The Labute approximate surface area is 161 Å². The van der Waals surface area contributed by atoms with Crippen molar-refractivity contribution in [3.63, 3.8) is 0 Å². The highest BCUT2D eigenvalue weighted by Gasteiger charge is 2.07. The molecule has 136 valence electrons. The van der Waals surface area contributed by atoms with E-state index in [1.165, 1.54) is 6.07 Å². The lowest BCUT2D eigenvalue weighted by molar-refractivity contribution is 0.305. The summed E-state index contributed by atoms with van der Waals surface area (Å²) >= 11 is 5.80. The lowest BCUT2D eigenvalue weighted by Crippen LogP contribution is -2.16. The largest absolute Gasteiger partial charge is 0.489 e. The van der Waals surface area contributed by atoms with Gasteiger partial charge in [0.15, 0.2) is 0 Å². The molecular formula is C21H18ClN3O2. The van der Waals surface area contributed by atoms with Crippen molar-refractivity contribution in [2.75, 3.05) is 5.88 Å². The van der Waals surface area contributed by atoms with Crippen molar-refractivity contribution < 1.29 is 4.74 Å². The molecule has 0 bridgehead atoms. The number of ether oxygens (including phenoxy) is 1. The molecule has 0 aliphatic rings. The molecule has 0 radical (unpaired) electrons. The van der Waals surface area contributed by atoms with E-state index in [9.17, 15) is 4.79 Å². The first-order valence-corrected chi connectivity index (χ1v) is 9.19. The normalized spacial score (nSPS) is 11.0. The molecule has 2 heterocycles. The van der Waals surface area contributed by atoms with Gasteiger partial charge in [-0.15, -0.1) is 11.6 Å². The minimum Gasteiger partial charge on any atom is -0.489 e. The van der Waals surface area contributed by atoms with Crippen molar-refractivity contribution in [1.82, 2.24) is 14.3 Å². The Morgan fingerprint density at radius 1 is 1.04 bits per heavy atom. The zero-order valence-electron chi connectivity index (χ0n) is 14.6. The van der Waals surface area contributed by atoms with Crippen LogP contribution in [-0.4, -0.2) is 20.2 Å². The zero-order chi connectivity index (χ0) is 18.6. The molecule has 0 fully saturated rings. The van der Waals surface area contributed by atoms with E-state index in [-0.39, 0.29) is 5.56 Å². The summed E-state index contributed by atoms with van der Waals surface area (Å²) in [6.07, 6.45) is 3.51. The maximum absolute atomic E-state index is 12.5. The van der Waals surface area contributed by atoms with Crippen LogP contribution in [-0.2, 0) is 13.2 Å². The molecule has 0 saturated heterocycles. The van der Waals surface area contributed by atoms with Crippen molar-refractivity contribution in [3.05, 3.63) is 89.0 Å². The summed E-state index contributed by atoms with van der Waals surface area (Å²) in [6, 6.07) is 19.0. The quantitative estimate of drug-likeness (QED) is 0.476. The van der Waals surface area contributed by atoms with Crippen LogP contribution in [0.15, 0.2) is 77.9 Å². The Morgan fingerprint density at radius 3 is 2.67 bits per heavy atom. The second-order valence-electron chi connectivity index (χ2n) is 6.14. The molecule has 2 aromatic heterocycles. The third kappa shape index (κ3) is 3.73. The second kappa shape index (κ2) is 7.68. The molecule has 0 amide bonds. The molecule has 0 unspecified atom stereocenters. The molecule has 27 heavy (non-hydrogen) atoms. The zero-order valence-corrected chi connectivity index (χ0v) is 15.3. The molecule has 5 nitrogen and oxygen atoms in total. The number of rotatable bonds is 6. The number of aryl methyl sites for hydroxylation is 1. The molecule has 0 N–H and O–H groups in total. The summed E-state index contributed by atoms with van der Waals surface area (Å²) in [5, 5.41) is 5.30. The number of hydrogen-bond acceptors (Lipinski definition) is 3.